The Bertz CT molecular complexity index is 229. The Morgan fingerprint density at radius 2 is 2.07 bits per heavy atom. The zero-order valence-corrected chi connectivity index (χ0v) is 9.07. The van der Waals surface area contributed by atoms with Crippen LogP contribution in [0.3, 0.4) is 0 Å². The van der Waals surface area contributed by atoms with E-state index in [-0.39, 0.29) is 31.1 Å². The summed E-state index contributed by atoms with van der Waals surface area (Å²) in [5.41, 5.74) is 4.79. The van der Waals surface area contributed by atoms with Crippen LogP contribution in [0.4, 0.5) is 0 Å². The molecule has 0 aromatic heterocycles. The Hall–Kier alpha value is -0.650. The maximum Gasteiger partial charge on any atom is 0.223 e. The lowest BCUT2D eigenvalue weighted by Crippen LogP contribution is -2.53. The molecule has 0 aromatic rings. The van der Waals surface area contributed by atoms with Gasteiger partial charge in [-0.1, -0.05) is 0 Å². The molecule has 88 valence electrons. The molecule has 1 amide bonds. The number of nitrogens with one attached hydrogen (secondary N) is 1. The molecule has 1 rings (SSSR count). The molecule has 0 aliphatic heterocycles. The molecule has 0 heterocycles. The molecule has 5 N–H and O–H groups in total. The Morgan fingerprint density at radius 1 is 1.47 bits per heavy atom. The third-order valence-corrected chi connectivity index (χ3v) is 2.97. The van der Waals surface area contributed by atoms with Gasteiger partial charge in [-0.15, -0.1) is 0 Å². The Morgan fingerprint density at radius 3 is 2.47 bits per heavy atom. The van der Waals surface area contributed by atoms with E-state index in [1.807, 2.05) is 0 Å². The highest BCUT2D eigenvalue weighted by atomic mass is 16.3. The lowest BCUT2D eigenvalue weighted by Gasteiger charge is -2.27. The standard InChI is InChI=1S/C10H20N2O3/c1-10(5-13,6-14)12-9(15)7-2-3-8(11)4-7/h7-8,13-14H,2-6,11H2,1H3,(H,12,15). The first-order chi connectivity index (χ1) is 7.00. The number of aliphatic hydroxyl groups is 2. The van der Waals surface area contributed by atoms with Crippen molar-refractivity contribution in [2.45, 2.75) is 37.8 Å². The summed E-state index contributed by atoms with van der Waals surface area (Å²) in [5.74, 6) is -0.189. The first-order valence-corrected chi connectivity index (χ1v) is 5.30. The van der Waals surface area contributed by atoms with E-state index < -0.39 is 5.54 Å². The molecule has 2 atom stereocenters. The number of nitrogens with two attached hydrogens (primary N) is 1. The largest absolute Gasteiger partial charge is 0.394 e. The molecular formula is C10H20N2O3. The zero-order chi connectivity index (χ0) is 11.5. The van der Waals surface area contributed by atoms with Crippen LogP contribution >= 0.6 is 0 Å². The Balaban J connectivity index is 2.48. The van der Waals surface area contributed by atoms with Gasteiger partial charge < -0.3 is 21.3 Å². The van der Waals surface area contributed by atoms with Crippen molar-refractivity contribution in [3.05, 3.63) is 0 Å². The molecule has 0 bridgehead atoms. The summed E-state index contributed by atoms with van der Waals surface area (Å²) < 4.78 is 0. The molecule has 1 fully saturated rings. The second-order valence-electron chi connectivity index (χ2n) is 4.64. The smallest absolute Gasteiger partial charge is 0.223 e. The van der Waals surface area contributed by atoms with E-state index in [0.29, 0.717) is 6.42 Å². The normalized spacial score (nSPS) is 26.7. The van der Waals surface area contributed by atoms with Gasteiger partial charge in [0.25, 0.3) is 0 Å². The van der Waals surface area contributed by atoms with Crippen molar-refractivity contribution >= 4 is 5.91 Å². The molecular weight excluding hydrogens is 196 g/mol. The van der Waals surface area contributed by atoms with Gasteiger partial charge >= 0.3 is 0 Å². The number of hydrogen-bond acceptors (Lipinski definition) is 4. The van der Waals surface area contributed by atoms with Gasteiger partial charge in [-0.3, -0.25) is 4.79 Å². The average Bonchev–Trinajstić information content (AvgIpc) is 2.65. The fraction of sp³-hybridized carbons (Fsp3) is 0.900. The van der Waals surface area contributed by atoms with E-state index >= 15 is 0 Å². The topological polar surface area (TPSA) is 95.6 Å². The number of carbonyl (C=O) groups excluding carboxylic acids is 1. The molecule has 2 unspecified atom stereocenters. The average molecular weight is 216 g/mol. The van der Waals surface area contributed by atoms with Crippen molar-refractivity contribution < 1.29 is 15.0 Å². The minimum Gasteiger partial charge on any atom is -0.394 e. The first kappa shape index (κ1) is 12.4. The first-order valence-electron chi connectivity index (χ1n) is 5.30. The molecule has 5 heteroatoms. The summed E-state index contributed by atoms with van der Waals surface area (Å²) in [6, 6.07) is 0.107. The third-order valence-electron chi connectivity index (χ3n) is 2.97. The van der Waals surface area contributed by atoms with Crippen LogP contribution in [-0.2, 0) is 4.79 Å². The van der Waals surface area contributed by atoms with Gasteiger partial charge in [0.2, 0.25) is 5.91 Å². The van der Waals surface area contributed by atoms with Crippen molar-refractivity contribution in [3.63, 3.8) is 0 Å². The summed E-state index contributed by atoms with van der Waals surface area (Å²) in [7, 11) is 0. The summed E-state index contributed by atoms with van der Waals surface area (Å²) in [6.45, 7) is 1.07. The molecule has 1 aliphatic carbocycles. The van der Waals surface area contributed by atoms with E-state index in [2.05, 4.69) is 5.32 Å². The van der Waals surface area contributed by atoms with Crippen molar-refractivity contribution in [1.82, 2.24) is 5.32 Å². The summed E-state index contributed by atoms with van der Waals surface area (Å²) in [4.78, 5) is 11.7. The van der Waals surface area contributed by atoms with E-state index in [4.69, 9.17) is 15.9 Å². The van der Waals surface area contributed by atoms with Crippen molar-refractivity contribution in [2.24, 2.45) is 11.7 Å². The van der Waals surface area contributed by atoms with Gasteiger partial charge in [0.15, 0.2) is 0 Å². The predicted octanol–water partition coefficient (Wildman–Crippen LogP) is -1.03. The van der Waals surface area contributed by atoms with Gasteiger partial charge in [-0.2, -0.15) is 0 Å². The van der Waals surface area contributed by atoms with Crippen LogP contribution in [0.1, 0.15) is 26.2 Å². The van der Waals surface area contributed by atoms with Gasteiger partial charge in [-0.05, 0) is 26.2 Å². The van der Waals surface area contributed by atoms with E-state index in [0.717, 1.165) is 12.8 Å². The third kappa shape index (κ3) is 3.15. The molecule has 5 nitrogen and oxygen atoms in total. The van der Waals surface area contributed by atoms with Crippen LogP contribution in [-0.4, -0.2) is 40.9 Å². The van der Waals surface area contributed by atoms with Gasteiger partial charge in [-0.25, -0.2) is 0 Å². The van der Waals surface area contributed by atoms with Gasteiger partial charge in [0.05, 0.1) is 18.8 Å². The number of hydrogen-bond donors (Lipinski definition) is 4. The van der Waals surface area contributed by atoms with Crippen LogP contribution in [0.25, 0.3) is 0 Å². The van der Waals surface area contributed by atoms with Crippen molar-refractivity contribution in [1.29, 1.82) is 0 Å². The minimum atomic E-state index is -0.927. The molecule has 0 aromatic carbocycles. The van der Waals surface area contributed by atoms with Gasteiger partial charge in [0.1, 0.15) is 0 Å². The lowest BCUT2D eigenvalue weighted by atomic mass is 10.0. The quantitative estimate of drug-likeness (QED) is 0.483. The summed E-state index contributed by atoms with van der Waals surface area (Å²) in [5, 5.41) is 20.7. The predicted molar refractivity (Wildman–Crippen MR) is 56.0 cm³/mol. The Labute approximate surface area is 89.7 Å². The van der Waals surface area contributed by atoms with Crippen LogP contribution < -0.4 is 11.1 Å². The number of amides is 1. The lowest BCUT2D eigenvalue weighted by molar-refractivity contribution is -0.127. The highest BCUT2D eigenvalue weighted by molar-refractivity contribution is 5.79. The molecule has 15 heavy (non-hydrogen) atoms. The number of rotatable bonds is 4. The maximum absolute atomic E-state index is 11.7. The highest BCUT2D eigenvalue weighted by Crippen LogP contribution is 2.24. The molecule has 1 aliphatic rings. The fourth-order valence-corrected chi connectivity index (χ4v) is 1.78. The molecule has 1 saturated carbocycles. The van der Waals surface area contributed by atoms with Crippen LogP contribution in [0.5, 0.6) is 0 Å². The summed E-state index contributed by atoms with van der Waals surface area (Å²) in [6.07, 6.45) is 2.35. The monoisotopic (exact) mass is 216 g/mol. The summed E-state index contributed by atoms with van der Waals surface area (Å²) >= 11 is 0. The Kier molecular flexibility index (Phi) is 4.07. The highest BCUT2D eigenvalue weighted by Gasteiger charge is 2.32. The van der Waals surface area contributed by atoms with Crippen molar-refractivity contribution in [2.75, 3.05) is 13.2 Å². The van der Waals surface area contributed by atoms with E-state index in [1.165, 1.54) is 0 Å². The zero-order valence-electron chi connectivity index (χ0n) is 9.07. The van der Waals surface area contributed by atoms with Crippen LogP contribution in [0.15, 0.2) is 0 Å². The second-order valence-corrected chi connectivity index (χ2v) is 4.64. The van der Waals surface area contributed by atoms with E-state index in [1.54, 1.807) is 6.92 Å². The SMILES string of the molecule is CC(CO)(CO)NC(=O)C1CCC(N)C1. The van der Waals surface area contributed by atoms with Crippen LogP contribution in [0, 0.1) is 5.92 Å². The van der Waals surface area contributed by atoms with E-state index in [9.17, 15) is 4.79 Å². The number of aliphatic hydroxyl groups excluding tert-OH is 2. The molecule has 0 saturated heterocycles. The van der Waals surface area contributed by atoms with Gasteiger partial charge in [0, 0.05) is 12.0 Å². The maximum atomic E-state index is 11.7. The molecule has 0 radical (unpaired) electrons. The second kappa shape index (κ2) is 4.92. The minimum absolute atomic E-state index is 0.0718. The number of carbonyl (C=O) groups is 1. The van der Waals surface area contributed by atoms with Crippen molar-refractivity contribution in [3.8, 4) is 0 Å². The fourth-order valence-electron chi connectivity index (χ4n) is 1.78. The van der Waals surface area contributed by atoms with Crippen LogP contribution in [0.2, 0.25) is 0 Å². The molecule has 0 spiro atoms.